The molecule has 2 fully saturated rings. The molecule has 0 radical (unpaired) electrons. The number of hydrogen-bond acceptors (Lipinski definition) is 2. The van der Waals surface area contributed by atoms with Gasteiger partial charge in [-0.15, -0.1) is 0 Å². The smallest absolute Gasteiger partial charge is 0.0188 e. The molecule has 1 heterocycles. The SMILES string of the molecule is CCC1(CC)CCC2(CCN(CC(C)N(C)C)C2)CC1. The van der Waals surface area contributed by atoms with Crippen LogP contribution >= 0.6 is 0 Å². The zero-order valence-electron chi connectivity index (χ0n) is 14.5. The van der Waals surface area contributed by atoms with Crippen LogP contribution in [0.25, 0.3) is 0 Å². The van der Waals surface area contributed by atoms with Crippen LogP contribution in [0.1, 0.15) is 65.7 Å². The quantitative estimate of drug-likeness (QED) is 0.751. The van der Waals surface area contributed by atoms with E-state index >= 15 is 0 Å². The summed E-state index contributed by atoms with van der Waals surface area (Å²) in [6.45, 7) is 11.1. The molecule has 0 aromatic heterocycles. The van der Waals surface area contributed by atoms with E-state index in [0.29, 0.717) is 16.9 Å². The van der Waals surface area contributed by atoms with E-state index < -0.39 is 0 Å². The third-order valence-electron chi connectivity index (χ3n) is 6.79. The molecule has 0 aromatic carbocycles. The standard InChI is InChI=1S/C18H36N2/c1-6-17(7-2)8-10-18(11-9-17)12-13-20(15-18)14-16(3)19(4)5/h16H,6-15H2,1-5H3. The van der Waals surface area contributed by atoms with Gasteiger partial charge in [0.2, 0.25) is 0 Å². The Morgan fingerprint density at radius 2 is 1.60 bits per heavy atom. The Kier molecular flexibility index (Phi) is 5.18. The number of hydrogen-bond donors (Lipinski definition) is 0. The maximum atomic E-state index is 2.73. The summed E-state index contributed by atoms with van der Waals surface area (Å²) in [7, 11) is 4.40. The highest BCUT2D eigenvalue weighted by molar-refractivity contribution is 4.97. The fourth-order valence-corrected chi connectivity index (χ4v) is 4.40. The maximum Gasteiger partial charge on any atom is 0.0188 e. The van der Waals surface area contributed by atoms with Gasteiger partial charge < -0.3 is 9.80 Å². The molecule has 0 N–H and O–H groups in total. The second kappa shape index (κ2) is 6.36. The van der Waals surface area contributed by atoms with Gasteiger partial charge in [0.25, 0.3) is 0 Å². The van der Waals surface area contributed by atoms with Gasteiger partial charge in [-0.05, 0) is 70.5 Å². The van der Waals surface area contributed by atoms with Gasteiger partial charge in [0.05, 0.1) is 0 Å². The summed E-state index contributed by atoms with van der Waals surface area (Å²) in [6.07, 6.45) is 10.2. The summed E-state index contributed by atoms with van der Waals surface area (Å²) in [4.78, 5) is 5.08. The van der Waals surface area contributed by atoms with Crippen molar-refractivity contribution in [2.45, 2.75) is 71.8 Å². The van der Waals surface area contributed by atoms with Gasteiger partial charge in [0.15, 0.2) is 0 Å². The lowest BCUT2D eigenvalue weighted by molar-refractivity contribution is 0.0715. The Balaban J connectivity index is 1.87. The third-order valence-corrected chi connectivity index (χ3v) is 6.79. The zero-order valence-corrected chi connectivity index (χ0v) is 14.5. The Bertz CT molecular complexity index is 297. The summed E-state index contributed by atoms with van der Waals surface area (Å²) in [5, 5.41) is 0. The summed E-state index contributed by atoms with van der Waals surface area (Å²) in [6, 6.07) is 0.680. The van der Waals surface area contributed by atoms with Crippen LogP contribution in [0, 0.1) is 10.8 Å². The van der Waals surface area contributed by atoms with Crippen LogP contribution in [0.4, 0.5) is 0 Å². The Morgan fingerprint density at radius 1 is 1.00 bits per heavy atom. The van der Waals surface area contributed by atoms with Crippen LogP contribution < -0.4 is 0 Å². The number of rotatable bonds is 5. The highest BCUT2D eigenvalue weighted by Gasteiger charge is 2.44. The van der Waals surface area contributed by atoms with E-state index in [2.05, 4.69) is 44.7 Å². The molecule has 2 heteroatoms. The lowest BCUT2D eigenvalue weighted by Gasteiger charge is -2.44. The Morgan fingerprint density at radius 3 is 2.10 bits per heavy atom. The van der Waals surface area contributed by atoms with E-state index in [4.69, 9.17) is 0 Å². The minimum absolute atomic E-state index is 0.680. The van der Waals surface area contributed by atoms with Gasteiger partial charge in [-0.25, -0.2) is 0 Å². The molecule has 2 nitrogen and oxygen atoms in total. The minimum atomic E-state index is 0.680. The van der Waals surface area contributed by atoms with Crippen molar-refractivity contribution >= 4 is 0 Å². The summed E-state index contributed by atoms with van der Waals surface area (Å²) < 4.78 is 0. The fraction of sp³-hybridized carbons (Fsp3) is 1.00. The molecule has 1 unspecified atom stereocenters. The number of likely N-dealkylation sites (N-methyl/N-ethyl adjacent to an activating group) is 1. The molecular weight excluding hydrogens is 244 g/mol. The van der Waals surface area contributed by atoms with Crippen molar-refractivity contribution in [1.29, 1.82) is 0 Å². The first-order valence-corrected chi connectivity index (χ1v) is 8.83. The molecule has 1 spiro atoms. The van der Waals surface area contributed by atoms with Crippen LogP contribution in [0.5, 0.6) is 0 Å². The molecule has 2 rings (SSSR count). The second-order valence-electron chi connectivity index (χ2n) is 8.00. The molecule has 0 aromatic rings. The van der Waals surface area contributed by atoms with Crippen molar-refractivity contribution in [1.82, 2.24) is 9.80 Å². The van der Waals surface area contributed by atoms with Crippen molar-refractivity contribution in [3.63, 3.8) is 0 Å². The molecular formula is C18H36N2. The highest BCUT2D eigenvalue weighted by atomic mass is 15.2. The van der Waals surface area contributed by atoms with E-state index in [1.807, 2.05) is 0 Å². The largest absolute Gasteiger partial charge is 0.305 e. The number of nitrogens with zero attached hydrogens (tertiary/aromatic N) is 2. The van der Waals surface area contributed by atoms with Gasteiger partial charge >= 0.3 is 0 Å². The van der Waals surface area contributed by atoms with Crippen molar-refractivity contribution < 1.29 is 0 Å². The fourth-order valence-electron chi connectivity index (χ4n) is 4.40. The van der Waals surface area contributed by atoms with Gasteiger partial charge in [0, 0.05) is 19.1 Å². The van der Waals surface area contributed by atoms with Crippen molar-refractivity contribution in [2.75, 3.05) is 33.7 Å². The van der Waals surface area contributed by atoms with Crippen molar-refractivity contribution in [3.8, 4) is 0 Å². The maximum absolute atomic E-state index is 2.73. The van der Waals surface area contributed by atoms with Gasteiger partial charge in [-0.2, -0.15) is 0 Å². The van der Waals surface area contributed by atoms with Crippen LogP contribution in [0.3, 0.4) is 0 Å². The van der Waals surface area contributed by atoms with Gasteiger partial charge in [-0.3, -0.25) is 0 Å². The molecule has 1 saturated carbocycles. The lowest BCUT2D eigenvalue weighted by atomic mass is 9.61. The average Bonchev–Trinajstić information content (AvgIpc) is 2.83. The van der Waals surface area contributed by atoms with E-state index in [9.17, 15) is 0 Å². The van der Waals surface area contributed by atoms with Crippen molar-refractivity contribution in [2.24, 2.45) is 10.8 Å². The summed E-state index contributed by atoms with van der Waals surface area (Å²) in [5.41, 5.74) is 1.37. The van der Waals surface area contributed by atoms with Crippen LogP contribution in [-0.4, -0.2) is 49.6 Å². The predicted octanol–water partition coefficient (Wildman–Crippen LogP) is 4.01. The zero-order chi connectivity index (χ0) is 14.8. The minimum Gasteiger partial charge on any atom is -0.305 e. The first-order chi connectivity index (χ1) is 9.44. The van der Waals surface area contributed by atoms with Crippen LogP contribution in [0.15, 0.2) is 0 Å². The topological polar surface area (TPSA) is 6.48 Å². The second-order valence-corrected chi connectivity index (χ2v) is 8.00. The molecule has 1 aliphatic carbocycles. The molecule has 0 bridgehead atoms. The third kappa shape index (κ3) is 3.39. The Labute approximate surface area is 126 Å². The highest BCUT2D eigenvalue weighted by Crippen LogP contribution is 2.52. The molecule has 0 amide bonds. The molecule has 118 valence electrons. The first-order valence-electron chi connectivity index (χ1n) is 8.83. The van der Waals surface area contributed by atoms with Crippen LogP contribution in [0.2, 0.25) is 0 Å². The van der Waals surface area contributed by atoms with Gasteiger partial charge in [0.1, 0.15) is 0 Å². The molecule has 1 atom stereocenters. The van der Waals surface area contributed by atoms with Crippen LogP contribution in [-0.2, 0) is 0 Å². The normalized spacial score (nSPS) is 27.3. The molecule has 1 saturated heterocycles. The average molecular weight is 281 g/mol. The summed E-state index contributed by atoms with van der Waals surface area (Å²) >= 11 is 0. The molecule has 20 heavy (non-hydrogen) atoms. The van der Waals surface area contributed by atoms with E-state index in [1.54, 1.807) is 0 Å². The van der Waals surface area contributed by atoms with E-state index in [0.717, 1.165) is 0 Å². The summed E-state index contributed by atoms with van der Waals surface area (Å²) in [5.74, 6) is 0. The monoisotopic (exact) mass is 280 g/mol. The van der Waals surface area contributed by atoms with E-state index in [1.165, 1.54) is 64.6 Å². The van der Waals surface area contributed by atoms with E-state index in [-0.39, 0.29) is 0 Å². The first kappa shape index (κ1) is 16.3. The Hall–Kier alpha value is -0.0800. The molecule has 2 aliphatic rings. The molecule has 1 aliphatic heterocycles. The van der Waals surface area contributed by atoms with Gasteiger partial charge in [-0.1, -0.05) is 26.7 Å². The lowest BCUT2D eigenvalue weighted by Crippen LogP contribution is -2.40. The number of likely N-dealkylation sites (tertiary alicyclic amines) is 1. The predicted molar refractivity (Wildman–Crippen MR) is 88.1 cm³/mol. The van der Waals surface area contributed by atoms with Crippen molar-refractivity contribution in [3.05, 3.63) is 0 Å².